The summed E-state index contributed by atoms with van der Waals surface area (Å²) in [4.78, 5) is 0. The van der Waals surface area contributed by atoms with E-state index in [2.05, 4.69) is 75.1 Å². The van der Waals surface area contributed by atoms with Gasteiger partial charge in [0, 0.05) is 6.42 Å². The molecule has 0 bridgehead atoms. The zero-order valence-corrected chi connectivity index (χ0v) is 14.1. The number of para-hydroxylation sites is 1. The monoisotopic (exact) mass is 336 g/mol. The summed E-state index contributed by atoms with van der Waals surface area (Å²) in [5.41, 5.74) is 4.84. The second-order valence-electron chi connectivity index (χ2n) is 5.44. The van der Waals surface area contributed by atoms with Gasteiger partial charge in [0.05, 0.1) is 17.4 Å². The van der Waals surface area contributed by atoms with Crippen LogP contribution in [0.5, 0.6) is 0 Å². The molecule has 1 aliphatic rings. The summed E-state index contributed by atoms with van der Waals surface area (Å²) in [6.07, 6.45) is 5.23. The maximum atomic E-state index is 4.87. The summed E-state index contributed by atoms with van der Waals surface area (Å²) < 4.78 is 0. The van der Waals surface area contributed by atoms with Gasteiger partial charge in [0.2, 0.25) is 0 Å². The largest absolute Gasteiger partial charge is 0.257 e. The average Bonchev–Trinajstić information content (AvgIpc) is 3.33. The standard InChI is InChI=1S/C19H16N2S2/c1-2-4-18(5-3-1)21-19(16-9-11-23-14-16)12-17(20-21)7-6-15-8-10-22-13-15/h1-11,13-14,19H,12H2. The zero-order valence-electron chi connectivity index (χ0n) is 12.5. The third-order valence-electron chi connectivity index (χ3n) is 3.89. The Hall–Kier alpha value is -2.17. The van der Waals surface area contributed by atoms with Gasteiger partial charge in [0.25, 0.3) is 0 Å². The van der Waals surface area contributed by atoms with Crippen molar-refractivity contribution in [2.75, 3.05) is 5.01 Å². The quantitative estimate of drug-likeness (QED) is 0.585. The van der Waals surface area contributed by atoms with Crippen molar-refractivity contribution in [1.29, 1.82) is 0 Å². The third kappa shape index (κ3) is 3.14. The van der Waals surface area contributed by atoms with Crippen molar-refractivity contribution in [1.82, 2.24) is 0 Å². The Bertz CT molecular complexity index is 802. The van der Waals surface area contributed by atoms with Gasteiger partial charge in [-0.3, -0.25) is 5.01 Å². The lowest BCUT2D eigenvalue weighted by molar-refractivity contribution is 0.712. The van der Waals surface area contributed by atoms with E-state index in [1.807, 2.05) is 6.07 Å². The molecule has 0 fully saturated rings. The van der Waals surface area contributed by atoms with Gasteiger partial charge < -0.3 is 0 Å². The molecule has 0 amide bonds. The van der Waals surface area contributed by atoms with Crippen LogP contribution < -0.4 is 5.01 Å². The number of anilines is 1. The molecule has 1 unspecified atom stereocenters. The van der Waals surface area contributed by atoms with Crippen molar-refractivity contribution in [2.45, 2.75) is 12.5 Å². The van der Waals surface area contributed by atoms with Crippen molar-refractivity contribution in [2.24, 2.45) is 5.10 Å². The molecular formula is C19H16N2S2. The summed E-state index contributed by atoms with van der Waals surface area (Å²) in [6, 6.07) is 15.0. The molecule has 1 aliphatic heterocycles. The van der Waals surface area contributed by atoms with E-state index in [1.165, 1.54) is 11.1 Å². The van der Waals surface area contributed by atoms with Crippen LogP contribution in [0, 0.1) is 0 Å². The molecule has 0 saturated carbocycles. The van der Waals surface area contributed by atoms with Crippen LogP contribution >= 0.6 is 22.7 Å². The summed E-state index contributed by atoms with van der Waals surface area (Å²) in [5.74, 6) is 0. The first-order valence-electron chi connectivity index (χ1n) is 7.54. The Morgan fingerprint density at radius 1 is 0.957 bits per heavy atom. The molecule has 0 aliphatic carbocycles. The Balaban J connectivity index is 1.64. The van der Waals surface area contributed by atoms with E-state index >= 15 is 0 Å². The number of allylic oxidation sites excluding steroid dienone is 1. The lowest BCUT2D eigenvalue weighted by Gasteiger charge is -2.22. The average molecular weight is 336 g/mol. The molecule has 4 rings (SSSR count). The van der Waals surface area contributed by atoms with Crippen LogP contribution in [0.3, 0.4) is 0 Å². The maximum absolute atomic E-state index is 4.87. The number of hydrogen-bond donors (Lipinski definition) is 0. The van der Waals surface area contributed by atoms with Gasteiger partial charge >= 0.3 is 0 Å². The van der Waals surface area contributed by atoms with Gasteiger partial charge in [-0.15, -0.1) is 0 Å². The highest BCUT2D eigenvalue weighted by atomic mass is 32.1. The molecule has 3 aromatic rings. The van der Waals surface area contributed by atoms with E-state index in [4.69, 9.17) is 5.10 Å². The fraction of sp³-hybridized carbons (Fsp3) is 0.105. The molecule has 23 heavy (non-hydrogen) atoms. The number of nitrogens with zero attached hydrogens (tertiary/aromatic N) is 2. The Kier molecular flexibility index (Phi) is 4.09. The minimum atomic E-state index is 0.283. The number of thiophene rings is 2. The normalized spacial score (nSPS) is 17.8. The summed E-state index contributed by atoms with van der Waals surface area (Å²) in [6.45, 7) is 0. The number of hydrazone groups is 1. The van der Waals surface area contributed by atoms with Crippen LogP contribution in [0.4, 0.5) is 5.69 Å². The lowest BCUT2D eigenvalue weighted by atomic mass is 10.0. The van der Waals surface area contributed by atoms with E-state index in [0.717, 1.165) is 17.8 Å². The third-order valence-corrected chi connectivity index (χ3v) is 5.30. The highest BCUT2D eigenvalue weighted by Gasteiger charge is 2.28. The fourth-order valence-electron chi connectivity index (χ4n) is 2.74. The van der Waals surface area contributed by atoms with E-state index in [0.29, 0.717) is 0 Å². The Labute approximate surface area is 144 Å². The zero-order chi connectivity index (χ0) is 15.5. The highest BCUT2D eigenvalue weighted by Crippen LogP contribution is 2.36. The smallest absolute Gasteiger partial charge is 0.0839 e. The molecule has 0 saturated heterocycles. The van der Waals surface area contributed by atoms with Crippen LogP contribution in [0.25, 0.3) is 6.08 Å². The second-order valence-corrected chi connectivity index (χ2v) is 7.00. The van der Waals surface area contributed by atoms with Crippen LogP contribution in [-0.4, -0.2) is 5.71 Å². The van der Waals surface area contributed by atoms with E-state index in [1.54, 1.807) is 22.7 Å². The van der Waals surface area contributed by atoms with Crippen molar-refractivity contribution < 1.29 is 0 Å². The van der Waals surface area contributed by atoms with Crippen molar-refractivity contribution in [3.63, 3.8) is 0 Å². The summed E-state index contributed by atoms with van der Waals surface area (Å²) in [7, 11) is 0. The van der Waals surface area contributed by atoms with Crippen LogP contribution in [0.15, 0.2) is 75.2 Å². The van der Waals surface area contributed by atoms with E-state index in [-0.39, 0.29) is 6.04 Å². The molecule has 114 valence electrons. The first kappa shape index (κ1) is 14.4. The maximum Gasteiger partial charge on any atom is 0.0839 e. The van der Waals surface area contributed by atoms with Crippen LogP contribution in [0.2, 0.25) is 0 Å². The predicted molar refractivity (Wildman–Crippen MR) is 101 cm³/mol. The first-order chi connectivity index (χ1) is 11.4. The lowest BCUT2D eigenvalue weighted by Crippen LogP contribution is -2.17. The van der Waals surface area contributed by atoms with Gasteiger partial charge in [-0.1, -0.05) is 24.3 Å². The van der Waals surface area contributed by atoms with E-state index in [9.17, 15) is 0 Å². The van der Waals surface area contributed by atoms with Crippen molar-refractivity contribution in [3.8, 4) is 0 Å². The molecule has 1 aromatic carbocycles. The molecule has 3 heterocycles. The number of benzene rings is 1. The van der Waals surface area contributed by atoms with Gasteiger partial charge in [-0.05, 0) is 63.0 Å². The minimum Gasteiger partial charge on any atom is -0.257 e. The van der Waals surface area contributed by atoms with Crippen molar-refractivity contribution >= 4 is 40.1 Å². The summed E-state index contributed by atoms with van der Waals surface area (Å²) in [5, 5.41) is 15.6. The second kappa shape index (κ2) is 6.52. The van der Waals surface area contributed by atoms with Crippen LogP contribution in [-0.2, 0) is 0 Å². The predicted octanol–water partition coefficient (Wildman–Crippen LogP) is 5.83. The molecule has 1 atom stereocenters. The highest BCUT2D eigenvalue weighted by molar-refractivity contribution is 7.08. The number of rotatable bonds is 4. The number of hydrogen-bond acceptors (Lipinski definition) is 4. The minimum absolute atomic E-state index is 0.283. The Morgan fingerprint density at radius 2 is 1.78 bits per heavy atom. The van der Waals surface area contributed by atoms with E-state index < -0.39 is 0 Å². The molecule has 0 N–H and O–H groups in total. The fourth-order valence-corrected chi connectivity index (χ4v) is 4.07. The Morgan fingerprint density at radius 3 is 2.52 bits per heavy atom. The van der Waals surface area contributed by atoms with Gasteiger partial charge in [-0.25, -0.2) is 0 Å². The van der Waals surface area contributed by atoms with Gasteiger partial charge in [0.1, 0.15) is 0 Å². The molecule has 4 heteroatoms. The van der Waals surface area contributed by atoms with Gasteiger partial charge in [-0.2, -0.15) is 27.8 Å². The molecule has 2 nitrogen and oxygen atoms in total. The first-order valence-corrected chi connectivity index (χ1v) is 9.43. The SMILES string of the molecule is C(=Cc1ccsc1)C1=NN(c2ccccc2)C(c2ccsc2)C1. The molecule has 2 aromatic heterocycles. The molecule has 0 spiro atoms. The molecular weight excluding hydrogens is 320 g/mol. The van der Waals surface area contributed by atoms with Crippen molar-refractivity contribution in [3.05, 3.63) is 81.2 Å². The molecule has 0 radical (unpaired) electrons. The summed E-state index contributed by atoms with van der Waals surface area (Å²) >= 11 is 3.46. The van der Waals surface area contributed by atoms with Crippen LogP contribution in [0.1, 0.15) is 23.6 Å². The van der Waals surface area contributed by atoms with Gasteiger partial charge in [0.15, 0.2) is 0 Å². The topological polar surface area (TPSA) is 15.6 Å².